The summed E-state index contributed by atoms with van der Waals surface area (Å²) in [6.45, 7) is 8.61. The minimum absolute atomic E-state index is 0.167. The first kappa shape index (κ1) is 9.25. The third-order valence-electron chi connectivity index (χ3n) is 1.45. The normalized spacial score (nSPS) is 9.31. The lowest BCUT2D eigenvalue weighted by atomic mass is 10.3. The molecule has 0 radical (unpaired) electrons. The van der Waals surface area contributed by atoms with Crippen molar-refractivity contribution >= 4 is 24.0 Å². The van der Waals surface area contributed by atoms with Gasteiger partial charge in [-0.05, 0) is 12.2 Å². The molecule has 1 aromatic rings. The Labute approximate surface area is 76.4 Å². The molecule has 13 heavy (non-hydrogen) atoms. The van der Waals surface area contributed by atoms with Gasteiger partial charge >= 0.3 is 0 Å². The van der Waals surface area contributed by atoms with E-state index in [0.29, 0.717) is 11.6 Å². The zero-order valence-corrected chi connectivity index (χ0v) is 7.42. The number of imidazole rings is 1. The number of nitrogens with zero attached hydrogens (tertiary/aromatic N) is 1. The Morgan fingerprint density at radius 3 is 2.62 bits per heavy atom. The van der Waals surface area contributed by atoms with E-state index in [2.05, 4.69) is 28.4 Å². The van der Waals surface area contributed by atoms with Crippen LogP contribution >= 0.6 is 0 Å². The van der Waals surface area contributed by atoms with E-state index in [-0.39, 0.29) is 5.91 Å². The predicted molar refractivity (Wildman–Crippen MR) is 53.1 cm³/mol. The number of carbonyl (C=O) groups excluding carboxylic acids is 1. The second-order valence-electron chi connectivity index (χ2n) is 2.47. The van der Waals surface area contributed by atoms with Crippen molar-refractivity contribution in [3.8, 4) is 0 Å². The molecule has 4 heteroatoms. The van der Waals surface area contributed by atoms with Crippen LogP contribution in [0.15, 0.2) is 13.2 Å². The molecule has 0 fully saturated rings. The van der Waals surface area contributed by atoms with Crippen LogP contribution in [-0.2, 0) is 4.79 Å². The van der Waals surface area contributed by atoms with Crippen molar-refractivity contribution in [2.75, 3.05) is 5.32 Å². The van der Waals surface area contributed by atoms with Gasteiger partial charge in [-0.15, -0.1) is 0 Å². The quantitative estimate of drug-likeness (QED) is 0.737. The second-order valence-corrected chi connectivity index (χ2v) is 2.47. The van der Waals surface area contributed by atoms with Crippen LogP contribution in [0, 0.1) is 0 Å². The van der Waals surface area contributed by atoms with Gasteiger partial charge in [0.2, 0.25) is 11.9 Å². The highest BCUT2D eigenvalue weighted by molar-refractivity contribution is 5.87. The molecule has 0 aliphatic carbocycles. The van der Waals surface area contributed by atoms with Crippen molar-refractivity contribution < 1.29 is 4.79 Å². The number of amides is 1. The van der Waals surface area contributed by atoms with Gasteiger partial charge in [0.25, 0.3) is 0 Å². The van der Waals surface area contributed by atoms with Crippen LogP contribution < -0.4 is 5.32 Å². The summed E-state index contributed by atoms with van der Waals surface area (Å²) in [5.41, 5.74) is 1.43. The van der Waals surface area contributed by atoms with E-state index in [1.807, 2.05) is 0 Å². The fourth-order valence-electron chi connectivity index (χ4n) is 0.937. The topological polar surface area (TPSA) is 57.8 Å². The van der Waals surface area contributed by atoms with Gasteiger partial charge < -0.3 is 4.98 Å². The summed E-state index contributed by atoms with van der Waals surface area (Å²) >= 11 is 0. The van der Waals surface area contributed by atoms with E-state index < -0.39 is 0 Å². The van der Waals surface area contributed by atoms with Crippen molar-refractivity contribution in [3.63, 3.8) is 0 Å². The van der Waals surface area contributed by atoms with Gasteiger partial charge in [-0.25, -0.2) is 4.98 Å². The molecule has 0 saturated heterocycles. The first-order chi connectivity index (χ1) is 6.17. The molecule has 1 rings (SSSR count). The Kier molecular flexibility index (Phi) is 2.64. The minimum Gasteiger partial charge on any atom is -0.324 e. The van der Waals surface area contributed by atoms with E-state index in [9.17, 15) is 4.79 Å². The number of aromatic amines is 1. The average Bonchev–Trinajstić information content (AvgIpc) is 2.45. The fraction of sp³-hybridized carbons (Fsp3) is 0.111. The highest BCUT2D eigenvalue weighted by Gasteiger charge is 2.04. The SMILES string of the molecule is C=Cc1nc(NC(C)=O)[nH]c1C=C. The number of nitrogens with one attached hydrogen (secondary N) is 2. The van der Waals surface area contributed by atoms with Gasteiger partial charge in [0.05, 0.1) is 11.4 Å². The lowest BCUT2D eigenvalue weighted by Gasteiger charge is -1.92. The standard InChI is InChI=1S/C9H11N3O/c1-4-7-8(5-2)12-9(11-7)10-6(3)13/h4-5H,1-2H2,3H3,(H2,10,11,12,13). The first-order valence-electron chi connectivity index (χ1n) is 3.80. The molecule has 0 spiro atoms. The summed E-state index contributed by atoms with van der Waals surface area (Å²) in [6.07, 6.45) is 3.22. The average molecular weight is 177 g/mol. The van der Waals surface area contributed by atoms with Crippen LogP contribution in [-0.4, -0.2) is 15.9 Å². The monoisotopic (exact) mass is 177 g/mol. The van der Waals surface area contributed by atoms with Crippen LogP contribution in [0.2, 0.25) is 0 Å². The molecule has 1 heterocycles. The molecule has 68 valence electrons. The van der Waals surface area contributed by atoms with Crippen molar-refractivity contribution in [2.24, 2.45) is 0 Å². The molecule has 0 atom stereocenters. The van der Waals surface area contributed by atoms with Gasteiger partial charge in [-0.1, -0.05) is 13.2 Å². The lowest BCUT2D eigenvalue weighted by molar-refractivity contribution is -0.114. The molecule has 0 unspecified atom stereocenters. The zero-order valence-electron chi connectivity index (χ0n) is 7.42. The Morgan fingerprint density at radius 1 is 1.54 bits per heavy atom. The van der Waals surface area contributed by atoms with E-state index in [4.69, 9.17) is 0 Å². The second kappa shape index (κ2) is 3.71. The minimum atomic E-state index is -0.167. The highest BCUT2D eigenvalue weighted by Crippen LogP contribution is 2.11. The van der Waals surface area contributed by atoms with Crippen molar-refractivity contribution in [1.82, 2.24) is 9.97 Å². The number of hydrogen-bond acceptors (Lipinski definition) is 2. The first-order valence-corrected chi connectivity index (χ1v) is 3.80. The molecule has 0 bridgehead atoms. The smallest absolute Gasteiger partial charge is 0.223 e. The van der Waals surface area contributed by atoms with E-state index in [1.165, 1.54) is 6.92 Å². The van der Waals surface area contributed by atoms with Gasteiger partial charge in [-0.2, -0.15) is 0 Å². The zero-order chi connectivity index (χ0) is 9.84. The van der Waals surface area contributed by atoms with Crippen molar-refractivity contribution in [2.45, 2.75) is 6.92 Å². The number of carbonyl (C=O) groups is 1. The summed E-state index contributed by atoms with van der Waals surface area (Å²) < 4.78 is 0. The summed E-state index contributed by atoms with van der Waals surface area (Å²) in [5.74, 6) is 0.247. The Morgan fingerprint density at radius 2 is 2.23 bits per heavy atom. The molecule has 0 aliphatic heterocycles. The van der Waals surface area contributed by atoms with Gasteiger partial charge in [0, 0.05) is 6.92 Å². The molecule has 1 amide bonds. The summed E-state index contributed by atoms with van der Waals surface area (Å²) in [7, 11) is 0. The van der Waals surface area contributed by atoms with Crippen molar-refractivity contribution in [1.29, 1.82) is 0 Å². The summed E-state index contributed by atoms with van der Waals surface area (Å²) in [5, 5.41) is 2.53. The Bertz CT molecular complexity index is 326. The molecular weight excluding hydrogens is 166 g/mol. The molecule has 0 aromatic carbocycles. The number of anilines is 1. The van der Waals surface area contributed by atoms with Crippen LogP contribution in [0.3, 0.4) is 0 Å². The van der Waals surface area contributed by atoms with Gasteiger partial charge in [-0.3, -0.25) is 10.1 Å². The lowest BCUT2D eigenvalue weighted by Crippen LogP contribution is -2.06. The number of H-pyrrole nitrogens is 1. The molecule has 4 nitrogen and oxygen atoms in total. The van der Waals surface area contributed by atoms with E-state index >= 15 is 0 Å². The van der Waals surface area contributed by atoms with Gasteiger partial charge in [0.15, 0.2) is 0 Å². The fourth-order valence-corrected chi connectivity index (χ4v) is 0.937. The number of aromatic nitrogens is 2. The maximum absolute atomic E-state index is 10.7. The third kappa shape index (κ3) is 2.05. The van der Waals surface area contributed by atoms with Crippen LogP contribution in [0.4, 0.5) is 5.95 Å². The highest BCUT2D eigenvalue weighted by atomic mass is 16.1. The Balaban J connectivity index is 2.99. The van der Waals surface area contributed by atoms with Crippen LogP contribution in [0.1, 0.15) is 18.3 Å². The molecule has 1 aromatic heterocycles. The number of hydrogen-bond donors (Lipinski definition) is 2. The summed E-state index contributed by atoms with van der Waals surface area (Å²) in [4.78, 5) is 17.6. The van der Waals surface area contributed by atoms with Gasteiger partial charge in [0.1, 0.15) is 0 Å². The Hall–Kier alpha value is -1.84. The van der Waals surface area contributed by atoms with E-state index in [1.54, 1.807) is 12.2 Å². The molecule has 2 N–H and O–H groups in total. The molecule has 0 saturated carbocycles. The third-order valence-corrected chi connectivity index (χ3v) is 1.45. The van der Waals surface area contributed by atoms with Crippen molar-refractivity contribution in [3.05, 3.63) is 24.5 Å². The number of rotatable bonds is 3. The van der Waals surface area contributed by atoms with Crippen LogP contribution in [0.5, 0.6) is 0 Å². The van der Waals surface area contributed by atoms with E-state index in [0.717, 1.165) is 5.69 Å². The maximum atomic E-state index is 10.7. The maximum Gasteiger partial charge on any atom is 0.223 e. The predicted octanol–water partition coefficient (Wildman–Crippen LogP) is 1.65. The molecular formula is C9H11N3O. The molecule has 0 aliphatic rings. The largest absolute Gasteiger partial charge is 0.324 e. The van der Waals surface area contributed by atoms with Crippen LogP contribution in [0.25, 0.3) is 12.2 Å². The summed E-state index contributed by atoms with van der Waals surface area (Å²) in [6, 6.07) is 0.